The van der Waals surface area contributed by atoms with Crippen LogP contribution in [0.5, 0.6) is 5.75 Å². The van der Waals surface area contributed by atoms with Gasteiger partial charge in [0.15, 0.2) is 0 Å². The molecule has 0 saturated carbocycles. The van der Waals surface area contributed by atoms with Gasteiger partial charge in [0.1, 0.15) is 17.4 Å². The van der Waals surface area contributed by atoms with Gasteiger partial charge in [0.05, 0.1) is 22.8 Å². The number of anilines is 1. The summed E-state index contributed by atoms with van der Waals surface area (Å²) in [5.41, 5.74) is 0.750. The van der Waals surface area contributed by atoms with Crippen LogP contribution in [0, 0.1) is 17.7 Å². The topological polar surface area (TPSA) is 88.6 Å². The number of rotatable bonds is 8. The zero-order chi connectivity index (χ0) is 27.7. The van der Waals surface area contributed by atoms with Gasteiger partial charge in [0.25, 0.3) is 15.9 Å². The first-order valence-electron chi connectivity index (χ1n) is 12.7. The molecule has 1 amide bonds. The first kappa shape index (κ1) is 27.6. The van der Waals surface area contributed by atoms with Crippen molar-refractivity contribution in [2.75, 3.05) is 18.1 Å². The van der Waals surface area contributed by atoms with Crippen LogP contribution in [0.25, 0.3) is 11.3 Å². The molecule has 1 unspecified atom stereocenters. The first-order chi connectivity index (χ1) is 17.9. The quantitative estimate of drug-likeness (QED) is 0.397. The van der Waals surface area contributed by atoms with E-state index in [0.29, 0.717) is 41.9 Å². The van der Waals surface area contributed by atoms with E-state index >= 15 is 0 Å². The maximum Gasteiger partial charge on any atom is 0.268 e. The normalized spacial score (nSPS) is 17.0. The van der Waals surface area contributed by atoms with Crippen LogP contribution in [0.15, 0.2) is 65.6 Å². The van der Waals surface area contributed by atoms with Crippen molar-refractivity contribution in [2.45, 2.75) is 51.5 Å². The van der Waals surface area contributed by atoms with Crippen LogP contribution in [-0.2, 0) is 10.0 Å². The van der Waals surface area contributed by atoms with Crippen molar-refractivity contribution in [1.29, 1.82) is 0 Å². The monoisotopic (exact) mass is 539 g/mol. The fourth-order valence-electron chi connectivity index (χ4n) is 4.84. The van der Waals surface area contributed by atoms with Crippen LogP contribution in [0.1, 0.15) is 51.4 Å². The van der Waals surface area contributed by atoms with E-state index in [4.69, 9.17) is 9.72 Å². The van der Waals surface area contributed by atoms with Gasteiger partial charge < -0.3 is 9.64 Å². The van der Waals surface area contributed by atoms with Crippen LogP contribution < -0.4 is 14.4 Å². The molecule has 0 aliphatic carbocycles. The smallest absolute Gasteiger partial charge is 0.268 e. The predicted molar refractivity (Wildman–Crippen MR) is 146 cm³/mol. The Kier molecular flexibility index (Phi) is 7.78. The number of carbonyl (C=O) groups excluding carboxylic acids is 1. The number of carbonyl (C=O) groups is 1. The molecule has 202 valence electrons. The van der Waals surface area contributed by atoms with Gasteiger partial charge in [-0.05, 0) is 68.5 Å². The van der Waals surface area contributed by atoms with E-state index in [1.165, 1.54) is 24.3 Å². The highest BCUT2D eigenvalue weighted by atomic mass is 32.2. The highest BCUT2D eigenvalue weighted by Crippen LogP contribution is 2.38. The van der Waals surface area contributed by atoms with Gasteiger partial charge >= 0.3 is 0 Å². The van der Waals surface area contributed by atoms with Gasteiger partial charge in [-0.3, -0.25) is 4.79 Å². The third kappa shape index (κ3) is 6.15. The lowest BCUT2D eigenvalue weighted by Gasteiger charge is -2.34. The number of halogens is 1. The summed E-state index contributed by atoms with van der Waals surface area (Å²) in [6, 6.07) is 15.3. The molecule has 1 aliphatic rings. The number of nitrogens with zero attached hydrogens (tertiary/aromatic N) is 2. The number of aromatic nitrogens is 1. The molecule has 1 atom stereocenters. The minimum Gasteiger partial charge on any atom is -0.493 e. The standard InChI is InChI=1S/C29H34FN3O4S/c1-19(2)18-37-23-14-21(13-22(30)15-23)26-12-11-25(27(31-26)33-17-20(3)16-29(33,4)5)28(34)32-38(35,36)24-9-7-6-8-10-24/h6-15,19-20H,16-18H2,1-5H3,(H,32,34). The number of amides is 1. The van der Waals surface area contributed by atoms with E-state index in [9.17, 15) is 17.6 Å². The summed E-state index contributed by atoms with van der Waals surface area (Å²) >= 11 is 0. The molecule has 4 rings (SSSR count). The van der Waals surface area contributed by atoms with Crippen LogP contribution in [0.4, 0.5) is 10.2 Å². The van der Waals surface area contributed by atoms with Crippen molar-refractivity contribution >= 4 is 21.7 Å². The van der Waals surface area contributed by atoms with Gasteiger partial charge in [0.2, 0.25) is 0 Å². The summed E-state index contributed by atoms with van der Waals surface area (Å²) in [6.07, 6.45) is 0.870. The number of pyridine rings is 1. The summed E-state index contributed by atoms with van der Waals surface area (Å²) in [5, 5.41) is 0. The Hall–Kier alpha value is -3.46. The van der Waals surface area contributed by atoms with E-state index in [1.807, 2.05) is 18.7 Å². The lowest BCUT2D eigenvalue weighted by Crippen LogP contribution is -2.41. The molecule has 3 aromatic rings. The van der Waals surface area contributed by atoms with E-state index in [-0.39, 0.29) is 21.9 Å². The molecular formula is C29H34FN3O4S. The van der Waals surface area contributed by atoms with E-state index in [0.717, 1.165) is 6.42 Å². The Morgan fingerprint density at radius 2 is 1.87 bits per heavy atom. The average molecular weight is 540 g/mol. The lowest BCUT2D eigenvalue weighted by atomic mass is 9.97. The van der Waals surface area contributed by atoms with Crippen molar-refractivity contribution in [3.63, 3.8) is 0 Å². The molecule has 1 fully saturated rings. The zero-order valence-electron chi connectivity index (χ0n) is 22.4. The zero-order valence-corrected chi connectivity index (χ0v) is 23.2. The van der Waals surface area contributed by atoms with Crippen molar-refractivity contribution < 1.29 is 22.3 Å². The Bertz CT molecular complexity index is 1420. The summed E-state index contributed by atoms with van der Waals surface area (Å²) in [5.74, 6) is 0.115. The highest BCUT2D eigenvalue weighted by Gasteiger charge is 2.39. The van der Waals surface area contributed by atoms with Crippen molar-refractivity contribution in [3.8, 4) is 17.0 Å². The molecule has 0 spiro atoms. The Balaban J connectivity index is 1.76. The number of hydrogen-bond acceptors (Lipinski definition) is 6. The van der Waals surface area contributed by atoms with Gasteiger partial charge in [-0.25, -0.2) is 22.5 Å². The van der Waals surface area contributed by atoms with Crippen LogP contribution in [0.2, 0.25) is 0 Å². The summed E-state index contributed by atoms with van der Waals surface area (Å²) < 4.78 is 48.2. The van der Waals surface area contributed by atoms with E-state index < -0.39 is 21.7 Å². The molecule has 2 aromatic carbocycles. The van der Waals surface area contributed by atoms with Crippen LogP contribution in [0.3, 0.4) is 0 Å². The molecule has 1 aromatic heterocycles. The summed E-state index contributed by atoms with van der Waals surface area (Å²) in [4.78, 5) is 20.2. The molecule has 0 bridgehead atoms. The number of ether oxygens (including phenoxy) is 1. The SMILES string of the molecule is CC(C)COc1cc(F)cc(-c2ccc(C(=O)NS(=O)(=O)c3ccccc3)c(N3CC(C)CC3(C)C)n2)c1. The fourth-order valence-corrected chi connectivity index (χ4v) is 5.83. The molecule has 2 heterocycles. The first-order valence-corrected chi connectivity index (χ1v) is 14.2. The third-order valence-corrected chi connectivity index (χ3v) is 7.83. The molecule has 0 radical (unpaired) electrons. The van der Waals surface area contributed by atoms with Gasteiger partial charge in [-0.1, -0.05) is 39.0 Å². The summed E-state index contributed by atoms with van der Waals surface area (Å²) in [7, 11) is -4.09. The minimum absolute atomic E-state index is 0.0108. The molecule has 9 heteroatoms. The molecule has 1 N–H and O–H groups in total. The van der Waals surface area contributed by atoms with Crippen molar-refractivity contribution in [3.05, 3.63) is 72.0 Å². The molecule has 7 nitrogen and oxygen atoms in total. The second-order valence-corrected chi connectivity index (χ2v) is 12.6. The number of hydrogen-bond donors (Lipinski definition) is 1. The van der Waals surface area contributed by atoms with Crippen LogP contribution in [-0.4, -0.2) is 38.0 Å². The summed E-state index contributed by atoms with van der Waals surface area (Å²) in [6.45, 7) is 11.3. The Morgan fingerprint density at radius 3 is 2.50 bits per heavy atom. The second-order valence-electron chi connectivity index (χ2n) is 10.9. The Labute approximate surface area is 224 Å². The average Bonchev–Trinajstić information content (AvgIpc) is 3.13. The minimum atomic E-state index is -4.09. The molecule has 1 aliphatic heterocycles. The Morgan fingerprint density at radius 1 is 1.16 bits per heavy atom. The number of benzene rings is 2. The maximum absolute atomic E-state index is 14.5. The van der Waals surface area contributed by atoms with Crippen LogP contribution >= 0.6 is 0 Å². The second kappa shape index (κ2) is 10.7. The molecule has 38 heavy (non-hydrogen) atoms. The van der Waals surface area contributed by atoms with Gasteiger partial charge in [-0.2, -0.15) is 0 Å². The maximum atomic E-state index is 14.5. The largest absolute Gasteiger partial charge is 0.493 e. The fraction of sp³-hybridized carbons (Fsp3) is 0.379. The van der Waals surface area contributed by atoms with Crippen molar-refractivity contribution in [2.24, 2.45) is 11.8 Å². The molecule has 1 saturated heterocycles. The lowest BCUT2D eigenvalue weighted by molar-refractivity contribution is 0.0981. The van der Waals surface area contributed by atoms with E-state index in [1.54, 1.807) is 36.4 Å². The number of nitrogens with one attached hydrogen (secondary N) is 1. The van der Waals surface area contributed by atoms with E-state index in [2.05, 4.69) is 25.5 Å². The number of sulfonamides is 1. The third-order valence-electron chi connectivity index (χ3n) is 6.48. The van der Waals surface area contributed by atoms with Gasteiger partial charge in [0, 0.05) is 23.7 Å². The molecular weight excluding hydrogens is 505 g/mol. The van der Waals surface area contributed by atoms with Crippen molar-refractivity contribution in [1.82, 2.24) is 9.71 Å². The highest BCUT2D eigenvalue weighted by molar-refractivity contribution is 7.90. The van der Waals surface area contributed by atoms with Gasteiger partial charge in [-0.15, -0.1) is 0 Å². The predicted octanol–water partition coefficient (Wildman–Crippen LogP) is 5.67.